The summed E-state index contributed by atoms with van der Waals surface area (Å²) in [7, 11) is 6.47. The van der Waals surface area contributed by atoms with Crippen molar-refractivity contribution in [3.05, 3.63) is 0 Å². The van der Waals surface area contributed by atoms with Gasteiger partial charge in [-0.05, 0) is 46.6 Å². The van der Waals surface area contributed by atoms with Crippen LogP contribution in [0.2, 0.25) is 0 Å². The highest BCUT2D eigenvalue weighted by atomic mass is 15.1. The fourth-order valence-electron chi connectivity index (χ4n) is 1.67. The molecular weight excluding hydrogens is 198 g/mol. The van der Waals surface area contributed by atoms with Crippen molar-refractivity contribution in [1.82, 2.24) is 15.1 Å². The van der Waals surface area contributed by atoms with Gasteiger partial charge in [0.25, 0.3) is 0 Å². The fourth-order valence-corrected chi connectivity index (χ4v) is 1.67. The molecule has 0 aromatic rings. The number of likely N-dealkylation sites (N-methyl/N-ethyl adjacent to an activating group) is 1. The van der Waals surface area contributed by atoms with Gasteiger partial charge in [0.1, 0.15) is 0 Å². The van der Waals surface area contributed by atoms with Gasteiger partial charge in [0.05, 0.1) is 0 Å². The van der Waals surface area contributed by atoms with Crippen molar-refractivity contribution in [3.8, 4) is 0 Å². The Morgan fingerprint density at radius 2 is 1.75 bits per heavy atom. The molecule has 1 N–H and O–H groups in total. The Morgan fingerprint density at radius 3 is 2.31 bits per heavy atom. The van der Waals surface area contributed by atoms with Crippen LogP contribution in [0.1, 0.15) is 26.7 Å². The lowest BCUT2D eigenvalue weighted by Gasteiger charge is -2.20. The zero-order valence-corrected chi connectivity index (χ0v) is 11.9. The van der Waals surface area contributed by atoms with E-state index in [1.807, 2.05) is 0 Å². The molecule has 1 unspecified atom stereocenters. The summed E-state index contributed by atoms with van der Waals surface area (Å²) in [5.74, 6) is 0.818. The maximum Gasteiger partial charge on any atom is 0.0104 e. The van der Waals surface area contributed by atoms with Crippen molar-refractivity contribution in [2.45, 2.75) is 26.7 Å². The highest BCUT2D eigenvalue weighted by molar-refractivity contribution is 4.59. The standard InChI is InChI=1S/C13H31N3/c1-6-13(2)12-16(5)11-9-14-8-7-10-15(3)4/h13-14H,6-12H2,1-5H3. The van der Waals surface area contributed by atoms with Crippen LogP contribution in [0.25, 0.3) is 0 Å². The quantitative estimate of drug-likeness (QED) is 0.573. The summed E-state index contributed by atoms with van der Waals surface area (Å²) in [4.78, 5) is 4.66. The molecule has 0 aliphatic rings. The van der Waals surface area contributed by atoms with Gasteiger partial charge in [-0.1, -0.05) is 20.3 Å². The summed E-state index contributed by atoms with van der Waals surface area (Å²) < 4.78 is 0. The third-order valence-electron chi connectivity index (χ3n) is 2.95. The molecule has 3 nitrogen and oxygen atoms in total. The number of nitrogens with one attached hydrogen (secondary N) is 1. The van der Waals surface area contributed by atoms with E-state index >= 15 is 0 Å². The summed E-state index contributed by atoms with van der Waals surface area (Å²) >= 11 is 0. The van der Waals surface area contributed by atoms with Crippen molar-refractivity contribution in [2.24, 2.45) is 5.92 Å². The predicted molar refractivity (Wildman–Crippen MR) is 73.0 cm³/mol. The fraction of sp³-hybridized carbons (Fsp3) is 1.00. The van der Waals surface area contributed by atoms with Crippen LogP contribution < -0.4 is 5.32 Å². The van der Waals surface area contributed by atoms with Crippen molar-refractivity contribution in [2.75, 3.05) is 53.9 Å². The minimum Gasteiger partial charge on any atom is -0.315 e. The summed E-state index contributed by atoms with van der Waals surface area (Å²) in [5.41, 5.74) is 0. The maximum atomic E-state index is 3.49. The molecule has 0 amide bonds. The zero-order valence-electron chi connectivity index (χ0n) is 11.9. The predicted octanol–water partition coefficient (Wildman–Crippen LogP) is 1.51. The lowest BCUT2D eigenvalue weighted by Crippen LogP contribution is -2.33. The Kier molecular flexibility index (Phi) is 9.99. The van der Waals surface area contributed by atoms with Gasteiger partial charge in [-0.25, -0.2) is 0 Å². The van der Waals surface area contributed by atoms with Gasteiger partial charge in [-0.15, -0.1) is 0 Å². The van der Waals surface area contributed by atoms with E-state index in [0.717, 1.165) is 25.6 Å². The molecule has 0 aliphatic heterocycles. The van der Waals surface area contributed by atoms with Crippen molar-refractivity contribution >= 4 is 0 Å². The Hall–Kier alpha value is -0.120. The van der Waals surface area contributed by atoms with E-state index in [1.54, 1.807) is 0 Å². The monoisotopic (exact) mass is 229 g/mol. The van der Waals surface area contributed by atoms with Crippen LogP contribution in [-0.4, -0.2) is 63.7 Å². The normalized spacial score (nSPS) is 13.7. The van der Waals surface area contributed by atoms with E-state index in [4.69, 9.17) is 0 Å². The largest absolute Gasteiger partial charge is 0.315 e. The van der Waals surface area contributed by atoms with E-state index in [0.29, 0.717) is 0 Å². The average Bonchev–Trinajstić information content (AvgIpc) is 2.22. The molecule has 3 heteroatoms. The van der Waals surface area contributed by atoms with Crippen molar-refractivity contribution in [3.63, 3.8) is 0 Å². The van der Waals surface area contributed by atoms with Gasteiger partial charge in [-0.2, -0.15) is 0 Å². The third kappa shape index (κ3) is 10.4. The number of rotatable bonds is 10. The van der Waals surface area contributed by atoms with E-state index in [9.17, 15) is 0 Å². The molecule has 0 aliphatic carbocycles. The minimum absolute atomic E-state index is 0.818. The van der Waals surface area contributed by atoms with Gasteiger partial charge >= 0.3 is 0 Å². The van der Waals surface area contributed by atoms with Crippen LogP contribution in [0.4, 0.5) is 0 Å². The molecule has 16 heavy (non-hydrogen) atoms. The van der Waals surface area contributed by atoms with Gasteiger partial charge < -0.3 is 15.1 Å². The summed E-state index contributed by atoms with van der Waals surface area (Å²) in [6.07, 6.45) is 2.52. The molecular formula is C13H31N3. The average molecular weight is 229 g/mol. The van der Waals surface area contributed by atoms with E-state index < -0.39 is 0 Å². The maximum absolute atomic E-state index is 3.49. The Balaban J connectivity index is 3.24. The lowest BCUT2D eigenvalue weighted by molar-refractivity contribution is 0.280. The van der Waals surface area contributed by atoms with Crippen LogP contribution >= 0.6 is 0 Å². The molecule has 0 aromatic carbocycles. The van der Waals surface area contributed by atoms with Gasteiger partial charge in [0.2, 0.25) is 0 Å². The number of hydrogen-bond acceptors (Lipinski definition) is 3. The first kappa shape index (κ1) is 15.9. The Labute approximate surface area is 102 Å². The van der Waals surface area contributed by atoms with Crippen LogP contribution in [0, 0.1) is 5.92 Å². The second-order valence-corrected chi connectivity index (χ2v) is 5.18. The summed E-state index contributed by atoms with van der Waals surface area (Å²) in [6, 6.07) is 0. The number of nitrogens with zero attached hydrogens (tertiary/aromatic N) is 2. The molecule has 1 atom stereocenters. The first-order valence-corrected chi connectivity index (χ1v) is 6.60. The summed E-state index contributed by atoms with van der Waals surface area (Å²) in [6.45, 7) is 10.4. The first-order chi connectivity index (χ1) is 7.56. The van der Waals surface area contributed by atoms with E-state index in [1.165, 1.54) is 25.9 Å². The molecule has 0 rings (SSSR count). The van der Waals surface area contributed by atoms with E-state index in [2.05, 4.69) is 50.1 Å². The highest BCUT2D eigenvalue weighted by Gasteiger charge is 2.03. The highest BCUT2D eigenvalue weighted by Crippen LogP contribution is 2.01. The molecule has 0 spiro atoms. The lowest BCUT2D eigenvalue weighted by atomic mass is 10.1. The van der Waals surface area contributed by atoms with Crippen LogP contribution in [0.5, 0.6) is 0 Å². The van der Waals surface area contributed by atoms with Gasteiger partial charge in [0, 0.05) is 19.6 Å². The van der Waals surface area contributed by atoms with Gasteiger partial charge in [0.15, 0.2) is 0 Å². The van der Waals surface area contributed by atoms with Crippen LogP contribution in [0.15, 0.2) is 0 Å². The molecule has 98 valence electrons. The first-order valence-electron chi connectivity index (χ1n) is 6.60. The molecule has 0 saturated carbocycles. The smallest absolute Gasteiger partial charge is 0.0104 e. The third-order valence-corrected chi connectivity index (χ3v) is 2.95. The minimum atomic E-state index is 0.818. The SMILES string of the molecule is CCC(C)CN(C)CCNCCCN(C)C. The zero-order chi connectivity index (χ0) is 12.4. The summed E-state index contributed by atoms with van der Waals surface area (Å²) in [5, 5.41) is 3.49. The molecule has 0 radical (unpaired) electrons. The van der Waals surface area contributed by atoms with Crippen molar-refractivity contribution in [1.29, 1.82) is 0 Å². The second kappa shape index (κ2) is 10.1. The van der Waals surface area contributed by atoms with Crippen LogP contribution in [0.3, 0.4) is 0 Å². The Morgan fingerprint density at radius 1 is 1.06 bits per heavy atom. The molecule has 0 bridgehead atoms. The topological polar surface area (TPSA) is 18.5 Å². The number of hydrogen-bond donors (Lipinski definition) is 1. The molecule has 0 saturated heterocycles. The second-order valence-electron chi connectivity index (χ2n) is 5.18. The van der Waals surface area contributed by atoms with Crippen molar-refractivity contribution < 1.29 is 0 Å². The molecule has 0 heterocycles. The molecule has 0 fully saturated rings. The van der Waals surface area contributed by atoms with Gasteiger partial charge in [-0.3, -0.25) is 0 Å². The van der Waals surface area contributed by atoms with Crippen LogP contribution in [-0.2, 0) is 0 Å². The Bertz CT molecular complexity index is 148. The van der Waals surface area contributed by atoms with E-state index in [-0.39, 0.29) is 0 Å². The molecule has 0 aromatic heterocycles.